The monoisotopic (exact) mass is 446 g/mol. The van der Waals surface area contributed by atoms with Crippen LogP contribution in [-0.4, -0.2) is 47.2 Å². The van der Waals surface area contributed by atoms with Crippen LogP contribution >= 0.6 is 34.8 Å². The van der Waals surface area contributed by atoms with Gasteiger partial charge in [0.1, 0.15) is 0 Å². The summed E-state index contributed by atoms with van der Waals surface area (Å²) >= 11 is 18.4. The molecule has 1 aromatic heterocycles. The van der Waals surface area contributed by atoms with Gasteiger partial charge in [-0.1, -0.05) is 65.1 Å². The Balaban J connectivity index is 1.43. The first-order chi connectivity index (χ1) is 14.0. The SMILES string of the molecule is O=C(c1c(Cl)ccc(Cl)c1Cl)N1CCN(c2ccc(-c3ccccc3)nn2)CC1. The molecule has 5 nitrogen and oxygen atoms in total. The smallest absolute Gasteiger partial charge is 0.257 e. The third-order valence-electron chi connectivity index (χ3n) is 4.87. The maximum Gasteiger partial charge on any atom is 0.257 e. The van der Waals surface area contributed by atoms with Gasteiger partial charge in [-0.15, -0.1) is 10.2 Å². The van der Waals surface area contributed by atoms with E-state index >= 15 is 0 Å². The minimum absolute atomic E-state index is 0.189. The van der Waals surface area contributed by atoms with Gasteiger partial charge in [0.05, 0.1) is 26.3 Å². The molecule has 0 spiro atoms. The molecule has 8 heteroatoms. The van der Waals surface area contributed by atoms with Crippen molar-refractivity contribution in [2.45, 2.75) is 0 Å². The number of carbonyl (C=O) groups excluding carboxylic acids is 1. The Morgan fingerprint density at radius 2 is 1.48 bits per heavy atom. The van der Waals surface area contributed by atoms with E-state index in [2.05, 4.69) is 15.1 Å². The fraction of sp³-hybridized carbons (Fsp3) is 0.190. The Morgan fingerprint density at radius 3 is 2.14 bits per heavy atom. The first-order valence-electron chi connectivity index (χ1n) is 9.11. The zero-order chi connectivity index (χ0) is 20.4. The molecule has 0 bridgehead atoms. The zero-order valence-corrected chi connectivity index (χ0v) is 17.6. The van der Waals surface area contributed by atoms with Gasteiger partial charge in [0, 0.05) is 31.7 Å². The summed E-state index contributed by atoms with van der Waals surface area (Å²) in [6.45, 7) is 2.34. The number of carbonyl (C=O) groups is 1. The average Bonchev–Trinajstić information content (AvgIpc) is 2.77. The van der Waals surface area contributed by atoms with Gasteiger partial charge in [0.2, 0.25) is 0 Å². The molecule has 0 saturated carbocycles. The minimum atomic E-state index is -0.215. The maximum absolute atomic E-state index is 12.9. The zero-order valence-electron chi connectivity index (χ0n) is 15.4. The highest BCUT2D eigenvalue weighted by molar-refractivity contribution is 6.46. The minimum Gasteiger partial charge on any atom is -0.352 e. The lowest BCUT2D eigenvalue weighted by molar-refractivity contribution is 0.0747. The summed E-state index contributed by atoms with van der Waals surface area (Å²) in [5.41, 5.74) is 2.10. The van der Waals surface area contributed by atoms with Crippen molar-refractivity contribution in [1.82, 2.24) is 15.1 Å². The van der Waals surface area contributed by atoms with E-state index in [0.29, 0.717) is 36.2 Å². The molecule has 3 aromatic rings. The van der Waals surface area contributed by atoms with E-state index in [-0.39, 0.29) is 16.5 Å². The second-order valence-electron chi connectivity index (χ2n) is 6.64. The number of benzene rings is 2. The van der Waals surface area contributed by atoms with Crippen molar-refractivity contribution >= 4 is 46.5 Å². The Bertz CT molecular complexity index is 1020. The van der Waals surface area contributed by atoms with Crippen LogP contribution in [-0.2, 0) is 0 Å². The van der Waals surface area contributed by atoms with E-state index in [1.54, 1.807) is 17.0 Å². The van der Waals surface area contributed by atoms with Crippen LogP contribution in [0.25, 0.3) is 11.3 Å². The fourth-order valence-corrected chi connectivity index (χ4v) is 3.97. The lowest BCUT2D eigenvalue weighted by Gasteiger charge is -2.35. The van der Waals surface area contributed by atoms with Crippen LogP contribution in [0, 0.1) is 0 Å². The Morgan fingerprint density at radius 1 is 0.793 bits per heavy atom. The number of hydrogen-bond donors (Lipinski definition) is 0. The molecule has 0 aliphatic carbocycles. The molecule has 1 aliphatic rings. The van der Waals surface area contributed by atoms with E-state index < -0.39 is 0 Å². The molecule has 4 rings (SSSR count). The average molecular weight is 448 g/mol. The van der Waals surface area contributed by atoms with Gasteiger partial charge < -0.3 is 9.80 Å². The van der Waals surface area contributed by atoms with Crippen molar-refractivity contribution < 1.29 is 4.79 Å². The van der Waals surface area contributed by atoms with Gasteiger partial charge in [0.25, 0.3) is 5.91 Å². The van der Waals surface area contributed by atoms with Gasteiger partial charge in [0.15, 0.2) is 5.82 Å². The second kappa shape index (κ2) is 8.57. The van der Waals surface area contributed by atoms with Crippen LogP contribution < -0.4 is 4.90 Å². The molecule has 2 aromatic carbocycles. The first-order valence-corrected chi connectivity index (χ1v) is 10.2. The quantitative estimate of drug-likeness (QED) is 0.526. The normalized spacial score (nSPS) is 14.2. The van der Waals surface area contributed by atoms with Crippen LogP contribution in [0.5, 0.6) is 0 Å². The number of aromatic nitrogens is 2. The largest absolute Gasteiger partial charge is 0.352 e. The van der Waals surface area contributed by atoms with E-state index in [4.69, 9.17) is 34.8 Å². The molecule has 1 saturated heterocycles. The molecule has 0 unspecified atom stereocenters. The molecule has 29 heavy (non-hydrogen) atoms. The number of piperazine rings is 1. The lowest BCUT2D eigenvalue weighted by Crippen LogP contribution is -2.49. The molecule has 1 aliphatic heterocycles. The highest BCUT2D eigenvalue weighted by Gasteiger charge is 2.27. The molecule has 0 atom stereocenters. The molecular formula is C21H17Cl3N4O. The van der Waals surface area contributed by atoms with Crippen molar-refractivity contribution in [2.75, 3.05) is 31.1 Å². The van der Waals surface area contributed by atoms with Crippen molar-refractivity contribution in [1.29, 1.82) is 0 Å². The Hall–Kier alpha value is -2.34. The molecule has 148 valence electrons. The predicted octanol–water partition coefficient (Wildman–Crippen LogP) is 5.07. The fourth-order valence-electron chi connectivity index (χ4n) is 3.28. The van der Waals surface area contributed by atoms with Crippen LogP contribution in [0.4, 0.5) is 5.82 Å². The van der Waals surface area contributed by atoms with Crippen molar-refractivity contribution in [3.05, 3.63) is 75.2 Å². The summed E-state index contributed by atoms with van der Waals surface area (Å²) in [5, 5.41) is 9.50. The van der Waals surface area contributed by atoms with Crippen LogP contribution in [0.2, 0.25) is 15.1 Å². The Kier molecular flexibility index (Phi) is 5.90. The van der Waals surface area contributed by atoms with Crippen LogP contribution in [0.15, 0.2) is 54.6 Å². The first kappa shape index (κ1) is 20.0. The van der Waals surface area contributed by atoms with Crippen molar-refractivity contribution in [2.24, 2.45) is 0 Å². The highest BCUT2D eigenvalue weighted by Crippen LogP contribution is 2.32. The third kappa shape index (κ3) is 4.17. The molecule has 0 N–H and O–H groups in total. The maximum atomic E-state index is 12.9. The van der Waals surface area contributed by atoms with E-state index in [0.717, 1.165) is 17.1 Å². The van der Waals surface area contributed by atoms with Crippen LogP contribution in [0.1, 0.15) is 10.4 Å². The van der Waals surface area contributed by atoms with E-state index in [1.165, 1.54) is 0 Å². The third-order valence-corrected chi connectivity index (χ3v) is 5.99. The molecular weight excluding hydrogens is 431 g/mol. The van der Waals surface area contributed by atoms with Gasteiger partial charge in [-0.05, 0) is 24.3 Å². The van der Waals surface area contributed by atoms with E-state index in [1.807, 2.05) is 42.5 Å². The molecule has 1 fully saturated rings. The highest BCUT2D eigenvalue weighted by atomic mass is 35.5. The summed E-state index contributed by atoms with van der Waals surface area (Å²) in [7, 11) is 0. The summed E-state index contributed by atoms with van der Waals surface area (Å²) in [6.07, 6.45) is 0. The number of anilines is 1. The lowest BCUT2D eigenvalue weighted by atomic mass is 10.1. The second-order valence-corrected chi connectivity index (χ2v) is 7.83. The summed E-state index contributed by atoms with van der Waals surface area (Å²) in [6, 6.07) is 17.0. The van der Waals surface area contributed by atoms with Gasteiger partial charge in [-0.25, -0.2) is 0 Å². The topological polar surface area (TPSA) is 49.3 Å². The number of halogens is 3. The van der Waals surface area contributed by atoms with Gasteiger partial charge >= 0.3 is 0 Å². The van der Waals surface area contributed by atoms with Crippen LogP contribution in [0.3, 0.4) is 0 Å². The summed E-state index contributed by atoms with van der Waals surface area (Å²) < 4.78 is 0. The standard InChI is InChI=1S/C21H17Cl3N4O/c22-15-6-7-16(23)20(24)19(15)21(29)28-12-10-27(11-13-28)18-9-8-17(25-26-18)14-4-2-1-3-5-14/h1-9H,10-13H2. The molecule has 2 heterocycles. The van der Waals surface area contributed by atoms with Gasteiger partial charge in [-0.3, -0.25) is 4.79 Å². The molecule has 1 amide bonds. The summed E-state index contributed by atoms with van der Waals surface area (Å²) in [4.78, 5) is 16.7. The number of rotatable bonds is 3. The van der Waals surface area contributed by atoms with Crippen molar-refractivity contribution in [3.8, 4) is 11.3 Å². The van der Waals surface area contributed by atoms with Crippen molar-refractivity contribution in [3.63, 3.8) is 0 Å². The summed E-state index contributed by atoms with van der Waals surface area (Å²) in [5.74, 6) is 0.572. The predicted molar refractivity (Wildman–Crippen MR) is 117 cm³/mol. The molecule has 0 radical (unpaired) electrons. The Labute approximate surface area is 183 Å². The number of hydrogen-bond acceptors (Lipinski definition) is 4. The number of nitrogens with zero attached hydrogens (tertiary/aromatic N) is 4. The van der Waals surface area contributed by atoms with Gasteiger partial charge in [-0.2, -0.15) is 0 Å². The van der Waals surface area contributed by atoms with E-state index in [9.17, 15) is 4.79 Å². The number of amides is 1.